The van der Waals surface area contributed by atoms with Gasteiger partial charge in [-0.05, 0) is 55.8 Å². The third kappa shape index (κ3) is 3.05. The first-order valence-corrected chi connectivity index (χ1v) is 7.73. The van der Waals surface area contributed by atoms with Crippen LogP contribution < -0.4 is 0 Å². The van der Waals surface area contributed by atoms with Gasteiger partial charge in [0, 0.05) is 0 Å². The molecule has 0 saturated heterocycles. The van der Waals surface area contributed by atoms with Gasteiger partial charge in [-0.1, -0.05) is 40.0 Å². The van der Waals surface area contributed by atoms with Crippen LogP contribution in [0.5, 0.6) is 0 Å². The summed E-state index contributed by atoms with van der Waals surface area (Å²) in [5, 5.41) is 11.0. The van der Waals surface area contributed by atoms with Crippen LogP contribution in [-0.4, -0.2) is 10.7 Å². The lowest BCUT2D eigenvalue weighted by Crippen LogP contribution is -2.44. The molecule has 1 heteroatoms. The molecular formula is C16H30O. The fourth-order valence-electron chi connectivity index (χ4n) is 4.07. The summed E-state index contributed by atoms with van der Waals surface area (Å²) in [5.74, 6) is 2.98. The van der Waals surface area contributed by atoms with E-state index in [-0.39, 0.29) is 5.60 Å². The molecule has 100 valence electrons. The smallest absolute Gasteiger partial charge is 0.0678 e. The molecule has 2 saturated carbocycles. The molecule has 0 heterocycles. The molecule has 2 aliphatic rings. The predicted molar refractivity (Wildman–Crippen MR) is 72.9 cm³/mol. The summed E-state index contributed by atoms with van der Waals surface area (Å²) in [4.78, 5) is 0. The van der Waals surface area contributed by atoms with E-state index >= 15 is 0 Å². The van der Waals surface area contributed by atoms with Gasteiger partial charge >= 0.3 is 0 Å². The Kier molecular flexibility index (Phi) is 4.18. The molecule has 0 spiro atoms. The fourth-order valence-corrected chi connectivity index (χ4v) is 4.07. The second-order valence-electron chi connectivity index (χ2n) is 7.16. The Balaban J connectivity index is 1.97. The molecule has 0 aromatic carbocycles. The molecule has 0 radical (unpaired) electrons. The average Bonchev–Trinajstić information content (AvgIpc) is 2.29. The van der Waals surface area contributed by atoms with Crippen molar-refractivity contribution < 1.29 is 5.11 Å². The highest BCUT2D eigenvalue weighted by Crippen LogP contribution is 2.45. The van der Waals surface area contributed by atoms with Gasteiger partial charge in [0.2, 0.25) is 0 Å². The SMILES string of the molecule is CC1CCC(C2(O)CCCC(C(C)C)C2)CC1. The van der Waals surface area contributed by atoms with Crippen LogP contribution in [-0.2, 0) is 0 Å². The van der Waals surface area contributed by atoms with Gasteiger partial charge in [-0.3, -0.25) is 0 Å². The van der Waals surface area contributed by atoms with Crippen LogP contribution >= 0.6 is 0 Å². The Morgan fingerprint density at radius 1 is 1.06 bits per heavy atom. The van der Waals surface area contributed by atoms with Gasteiger partial charge in [0.1, 0.15) is 0 Å². The fraction of sp³-hybridized carbons (Fsp3) is 1.00. The van der Waals surface area contributed by atoms with Crippen LogP contribution in [0.25, 0.3) is 0 Å². The van der Waals surface area contributed by atoms with Crippen molar-refractivity contribution in [1.29, 1.82) is 0 Å². The maximum absolute atomic E-state index is 11.0. The molecule has 17 heavy (non-hydrogen) atoms. The van der Waals surface area contributed by atoms with E-state index in [1.807, 2.05) is 0 Å². The van der Waals surface area contributed by atoms with Crippen molar-refractivity contribution in [3.05, 3.63) is 0 Å². The van der Waals surface area contributed by atoms with E-state index in [2.05, 4.69) is 20.8 Å². The summed E-state index contributed by atoms with van der Waals surface area (Å²) in [6.45, 7) is 7.00. The molecule has 0 aromatic rings. The van der Waals surface area contributed by atoms with E-state index in [4.69, 9.17) is 0 Å². The summed E-state index contributed by atoms with van der Waals surface area (Å²) in [5.41, 5.74) is -0.312. The molecule has 1 nitrogen and oxygen atoms in total. The minimum absolute atomic E-state index is 0.312. The molecule has 1 N–H and O–H groups in total. The zero-order chi connectivity index (χ0) is 12.5. The van der Waals surface area contributed by atoms with Crippen molar-refractivity contribution in [3.8, 4) is 0 Å². The van der Waals surface area contributed by atoms with E-state index in [9.17, 15) is 5.11 Å². The summed E-state index contributed by atoms with van der Waals surface area (Å²) in [6.07, 6.45) is 9.91. The van der Waals surface area contributed by atoms with E-state index < -0.39 is 0 Å². The Hall–Kier alpha value is -0.0400. The van der Waals surface area contributed by atoms with E-state index in [1.165, 1.54) is 38.5 Å². The molecule has 0 aliphatic heterocycles. The van der Waals surface area contributed by atoms with Crippen LogP contribution in [0, 0.1) is 23.7 Å². The largest absolute Gasteiger partial charge is 0.390 e. The maximum atomic E-state index is 11.0. The summed E-state index contributed by atoms with van der Waals surface area (Å²) in [7, 11) is 0. The minimum Gasteiger partial charge on any atom is -0.390 e. The molecule has 0 bridgehead atoms. The number of hydrogen-bond acceptors (Lipinski definition) is 1. The third-order valence-electron chi connectivity index (χ3n) is 5.52. The van der Waals surface area contributed by atoms with Gasteiger partial charge in [-0.2, -0.15) is 0 Å². The predicted octanol–water partition coefficient (Wildman–Crippen LogP) is 4.39. The third-order valence-corrected chi connectivity index (χ3v) is 5.52. The molecule has 0 aromatic heterocycles. The lowest BCUT2D eigenvalue weighted by Gasteiger charge is -2.45. The van der Waals surface area contributed by atoms with Crippen LogP contribution in [0.1, 0.15) is 72.1 Å². The zero-order valence-corrected chi connectivity index (χ0v) is 11.9. The second kappa shape index (κ2) is 5.30. The Morgan fingerprint density at radius 2 is 1.71 bits per heavy atom. The standard InChI is InChI=1S/C16H30O/c1-12(2)14-5-4-10-16(17,11-14)15-8-6-13(3)7-9-15/h12-15,17H,4-11H2,1-3H3. The minimum atomic E-state index is -0.312. The van der Waals surface area contributed by atoms with Gasteiger partial charge in [0.25, 0.3) is 0 Å². The molecule has 2 rings (SSSR count). The summed E-state index contributed by atoms with van der Waals surface area (Å²) in [6, 6.07) is 0. The molecule has 2 aliphatic carbocycles. The second-order valence-corrected chi connectivity index (χ2v) is 7.16. The highest BCUT2D eigenvalue weighted by molar-refractivity contribution is 4.94. The summed E-state index contributed by atoms with van der Waals surface area (Å²) >= 11 is 0. The van der Waals surface area contributed by atoms with Crippen LogP contribution in [0.2, 0.25) is 0 Å². The maximum Gasteiger partial charge on any atom is 0.0678 e. The first-order chi connectivity index (χ1) is 8.01. The first kappa shape index (κ1) is 13.4. The van der Waals surface area contributed by atoms with Gasteiger partial charge in [0.15, 0.2) is 0 Å². The van der Waals surface area contributed by atoms with E-state index in [0.717, 1.165) is 30.6 Å². The van der Waals surface area contributed by atoms with Crippen molar-refractivity contribution in [2.75, 3.05) is 0 Å². The number of rotatable bonds is 2. The highest BCUT2D eigenvalue weighted by atomic mass is 16.3. The first-order valence-electron chi connectivity index (χ1n) is 7.73. The van der Waals surface area contributed by atoms with Gasteiger partial charge in [-0.25, -0.2) is 0 Å². The van der Waals surface area contributed by atoms with Crippen molar-refractivity contribution in [2.24, 2.45) is 23.7 Å². The van der Waals surface area contributed by atoms with Crippen molar-refractivity contribution >= 4 is 0 Å². The van der Waals surface area contributed by atoms with Gasteiger partial charge < -0.3 is 5.11 Å². The molecular weight excluding hydrogens is 208 g/mol. The molecule has 2 fully saturated rings. The molecule has 0 amide bonds. The number of aliphatic hydroxyl groups is 1. The average molecular weight is 238 g/mol. The van der Waals surface area contributed by atoms with Crippen molar-refractivity contribution in [1.82, 2.24) is 0 Å². The van der Waals surface area contributed by atoms with E-state index in [1.54, 1.807) is 0 Å². The van der Waals surface area contributed by atoms with Crippen molar-refractivity contribution in [3.63, 3.8) is 0 Å². The van der Waals surface area contributed by atoms with Crippen LogP contribution in [0.4, 0.5) is 0 Å². The van der Waals surface area contributed by atoms with Crippen LogP contribution in [0.3, 0.4) is 0 Å². The quantitative estimate of drug-likeness (QED) is 0.756. The summed E-state index contributed by atoms with van der Waals surface area (Å²) < 4.78 is 0. The Morgan fingerprint density at radius 3 is 2.29 bits per heavy atom. The van der Waals surface area contributed by atoms with E-state index in [0.29, 0.717) is 5.92 Å². The monoisotopic (exact) mass is 238 g/mol. The molecule has 2 unspecified atom stereocenters. The lowest BCUT2D eigenvalue weighted by atomic mass is 9.64. The zero-order valence-electron chi connectivity index (χ0n) is 11.9. The lowest BCUT2D eigenvalue weighted by molar-refractivity contribution is -0.0845. The molecule has 2 atom stereocenters. The Labute approximate surface area is 107 Å². The highest BCUT2D eigenvalue weighted by Gasteiger charge is 2.42. The Bertz CT molecular complexity index is 240. The number of hydrogen-bond donors (Lipinski definition) is 1. The van der Waals surface area contributed by atoms with Crippen LogP contribution in [0.15, 0.2) is 0 Å². The van der Waals surface area contributed by atoms with Gasteiger partial charge in [0.05, 0.1) is 5.60 Å². The van der Waals surface area contributed by atoms with Gasteiger partial charge in [-0.15, -0.1) is 0 Å². The topological polar surface area (TPSA) is 20.2 Å². The van der Waals surface area contributed by atoms with Crippen molar-refractivity contribution in [2.45, 2.75) is 77.7 Å². The normalized spacial score (nSPS) is 43.9.